The first-order valence-electron chi connectivity index (χ1n) is 4.20. The van der Waals surface area contributed by atoms with Crippen molar-refractivity contribution < 1.29 is 19.8 Å². The number of carboxylic acid groups (broad SMARTS) is 1. The molecule has 1 atom stereocenters. The van der Waals surface area contributed by atoms with E-state index in [1.807, 2.05) is 0 Å². The molecule has 0 aliphatic carbocycles. The Kier molecular flexibility index (Phi) is 3.99. The number of carbonyl (C=O) groups excluding carboxylic acids is 1. The summed E-state index contributed by atoms with van der Waals surface area (Å²) >= 11 is 3.21. The lowest BCUT2D eigenvalue weighted by Crippen LogP contribution is -2.23. The van der Waals surface area contributed by atoms with Crippen molar-refractivity contribution in [3.05, 3.63) is 34.3 Å². The molecule has 4 nitrogen and oxygen atoms in total. The van der Waals surface area contributed by atoms with E-state index in [0.29, 0.717) is 5.56 Å². The number of aliphatic carboxylic acids is 1. The Morgan fingerprint density at radius 1 is 1.27 bits per heavy atom. The fraction of sp³-hybridized carbons (Fsp3) is 0.200. The lowest BCUT2D eigenvalue weighted by molar-refractivity contribution is -0.146. The number of hydrogen-bond acceptors (Lipinski definition) is 3. The molecule has 1 unspecified atom stereocenters. The van der Waals surface area contributed by atoms with Crippen LogP contribution < -0.4 is 0 Å². The molecule has 0 amide bonds. The van der Waals surface area contributed by atoms with Crippen molar-refractivity contribution in [3.8, 4) is 0 Å². The molecule has 0 fully saturated rings. The Balaban J connectivity index is 2.69. The van der Waals surface area contributed by atoms with Gasteiger partial charge < -0.3 is 10.2 Å². The standard InChI is InChI=1S/C10H9BrO4/c11-7-3-1-6(2-4-7)8(12)5-9(13)10(14)15/h1-4,9,13H,5H2,(H,14,15). The summed E-state index contributed by atoms with van der Waals surface area (Å²) in [5, 5.41) is 17.4. The largest absolute Gasteiger partial charge is 0.479 e. The van der Waals surface area contributed by atoms with Gasteiger partial charge in [-0.05, 0) is 12.1 Å². The van der Waals surface area contributed by atoms with Crippen LogP contribution >= 0.6 is 15.9 Å². The van der Waals surface area contributed by atoms with Gasteiger partial charge in [-0.25, -0.2) is 4.79 Å². The average Bonchev–Trinajstić information content (AvgIpc) is 2.18. The van der Waals surface area contributed by atoms with Gasteiger partial charge >= 0.3 is 5.97 Å². The third-order valence-electron chi connectivity index (χ3n) is 1.83. The second kappa shape index (κ2) is 5.04. The van der Waals surface area contributed by atoms with E-state index < -0.39 is 24.3 Å². The monoisotopic (exact) mass is 272 g/mol. The first-order valence-corrected chi connectivity index (χ1v) is 4.99. The molecule has 0 radical (unpaired) electrons. The molecule has 0 heterocycles. The maximum atomic E-state index is 11.4. The number of aliphatic hydroxyl groups excluding tert-OH is 1. The van der Waals surface area contributed by atoms with Crippen LogP contribution in [0.5, 0.6) is 0 Å². The van der Waals surface area contributed by atoms with Crippen molar-refractivity contribution in [3.63, 3.8) is 0 Å². The van der Waals surface area contributed by atoms with E-state index in [2.05, 4.69) is 15.9 Å². The number of carbonyl (C=O) groups is 2. The van der Waals surface area contributed by atoms with Crippen molar-refractivity contribution in [2.75, 3.05) is 0 Å². The van der Waals surface area contributed by atoms with Crippen LogP contribution in [0.2, 0.25) is 0 Å². The summed E-state index contributed by atoms with van der Waals surface area (Å²) in [4.78, 5) is 21.7. The number of carboxylic acids is 1. The van der Waals surface area contributed by atoms with E-state index in [-0.39, 0.29) is 0 Å². The van der Waals surface area contributed by atoms with Crippen LogP contribution in [0.15, 0.2) is 28.7 Å². The number of hydrogen-bond donors (Lipinski definition) is 2. The minimum Gasteiger partial charge on any atom is -0.479 e. The molecule has 0 saturated heterocycles. The molecule has 0 aliphatic rings. The fourth-order valence-electron chi connectivity index (χ4n) is 1.02. The first kappa shape index (κ1) is 11.9. The third-order valence-corrected chi connectivity index (χ3v) is 2.36. The van der Waals surface area contributed by atoms with Crippen molar-refractivity contribution in [2.45, 2.75) is 12.5 Å². The zero-order chi connectivity index (χ0) is 11.4. The number of rotatable bonds is 4. The zero-order valence-corrected chi connectivity index (χ0v) is 9.27. The molecule has 0 spiro atoms. The summed E-state index contributed by atoms with van der Waals surface area (Å²) in [5.74, 6) is -1.78. The average molecular weight is 273 g/mol. The maximum Gasteiger partial charge on any atom is 0.332 e. The summed E-state index contributed by atoms with van der Waals surface area (Å²) < 4.78 is 0.831. The number of Topliss-reactive ketones (excluding diaryl/α,β-unsaturated/α-hetero) is 1. The minimum atomic E-state index is -1.64. The topological polar surface area (TPSA) is 74.6 Å². The summed E-state index contributed by atoms with van der Waals surface area (Å²) in [6, 6.07) is 6.50. The zero-order valence-electron chi connectivity index (χ0n) is 7.68. The van der Waals surface area contributed by atoms with E-state index in [9.17, 15) is 9.59 Å². The molecule has 15 heavy (non-hydrogen) atoms. The first-order chi connectivity index (χ1) is 7.00. The quantitative estimate of drug-likeness (QED) is 0.814. The predicted octanol–water partition coefficient (Wildman–Crippen LogP) is 1.47. The highest BCUT2D eigenvalue weighted by Crippen LogP contribution is 2.12. The SMILES string of the molecule is O=C(CC(O)C(=O)O)c1ccc(Br)cc1. The van der Waals surface area contributed by atoms with Gasteiger partial charge in [-0.3, -0.25) is 4.79 Å². The molecule has 0 saturated carbocycles. The third kappa shape index (κ3) is 3.45. The van der Waals surface area contributed by atoms with E-state index >= 15 is 0 Å². The summed E-state index contributed by atoms with van der Waals surface area (Å²) in [5.41, 5.74) is 0.388. The number of halogens is 1. The molecule has 0 bridgehead atoms. The second-order valence-corrected chi connectivity index (χ2v) is 3.90. The van der Waals surface area contributed by atoms with Crippen LogP contribution in [0.4, 0.5) is 0 Å². The fourth-order valence-corrected chi connectivity index (χ4v) is 1.28. The lowest BCUT2D eigenvalue weighted by atomic mass is 10.1. The van der Waals surface area contributed by atoms with Gasteiger partial charge in [0.15, 0.2) is 11.9 Å². The highest BCUT2D eigenvalue weighted by atomic mass is 79.9. The van der Waals surface area contributed by atoms with Gasteiger partial charge in [0.2, 0.25) is 0 Å². The van der Waals surface area contributed by atoms with Gasteiger partial charge in [0.25, 0.3) is 0 Å². The second-order valence-electron chi connectivity index (χ2n) is 2.99. The van der Waals surface area contributed by atoms with Gasteiger partial charge in [-0.1, -0.05) is 28.1 Å². The van der Waals surface area contributed by atoms with Crippen LogP contribution in [-0.4, -0.2) is 28.1 Å². The van der Waals surface area contributed by atoms with Crippen molar-refractivity contribution in [1.29, 1.82) is 0 Å². The van der Waals surface area contributed by atoms with E-state index in [0.717, 1.165) is 4.47 Å². The van der Waals surface area contributed by atoms with Crippen molar-refractivity contribution >= 4 is 27.7 Å². The molecule has 0 aliphatic heterocycles. The van der Waals surface area contributed by atoms with Gasteiger partial charge in [0.1, 0.15) is 0 Å². The Hall–Kier alpha value is -1.20. The molecule has 1 aromatic rings. The Bertz CT molecular complexity index is 372. The molecule has 2 N–H and O–H groups in total. The van der Waals surface area contributed by atoms with Gasteiger partial charge in [0, 0.05) is 16.5 Å². The molecular weight excluding hydrogens is 264 g/mol. The Labute approximate surface area is 94.7 Å². The number of benzene rings is 1. The number of ketones is 1. The summed E-state index contributed by atoms with van der Waals surface area (Å²) in [6.07, 6.45) is -2.04. The summed E-state index contributed by atoms with van der Waals surface area (Å²) in [6.45, 7) is 0. The van der Waals surface area contributed by atoms with Crippen LogP contribution in [0.1, 0.15) is 16.8 Å². The van der Waals surface area contributed by atoms with E-state index in [1.54, 1.807) is 24.3 Å². The predicted molar refractivity (Wildman–Crippen MR) is 56.7 cm³/mol. The smallest absolute Gasteiger partial charge is 0.332 e. The van der Waals surface area contributed by atoms with Gasteiger partial charge in [-0.15, -0.1) is 0 Å². The highest BCUT2D eigenvalue weighted by Gasteiger charge is 2.18. The van der Waals surface area contributed by atoms with Crippen molar-refractivity contribution in [1.82, 2.24) is 0 Å². The van der Waals surface area contributed by atoms with Gasteiger partial charge in [-0.2, -0.15) is 0 Å². The van der Waals surface area contributed by atoms with E-state index in [4.69, 9.17) is 10.2 Å². The molecule has 5 heteroatoms. The normalized spacial score (nSPS) is 12.1. The van der Waals surface area contributed by atoms with Crippen LogP contribution in [-0.2, 0) is 4.79 Å². The van der Waals surface area contributed by atoms with E-state index in [1.165, 1.54) is 0 Å². The highest BCUT2D eigenvalue weighted by molar-refractivity contribution is 9.10. The van der Waals surface area contributed by atoms with Crippen LogP contribution in [0.3, 0.4) is 0 Å². The molecule has 0 aromatic heterocycles. The lowest BCUT2D eigenvalue weighted by Gasteiger charge is -2.04. The summed E-state index contributed by atoms with van der Waals surface area (Å²) in [7, 11) is 0. The molecule has 1 aromatic carbocycles. The maximum absolute atomic E-state index is 11.4. The Morgan fingerprint density at radius 3 is 2.27 bits per heavy atom. The minimum absolute atomic E-state index is 0.388. The van der Waals surface area contributed by atoms with Gasteiger partial charge in [0.05, 0.1) is 0 Å². The van der Waals surface area contributed by atoms with Crippen molar-refractivity contribution in [2.24, 2.45) is 0 Å². The molecule has 1 rings (SSSR count). The van der Waals surface area contributed by atoms with Crippen LogP contribution in [0, 0.1) is 0 Å². The molecular formula is C10H9BrO4. The Morgan fingerprint density at radius 2 is 1.80 bits per heavy atom. The number of aliphatic hydroxyl groups is 1. The van der Waals surface area contributed by atoms with Crippen LogP contribution in [0.25, 0.3) is 0 Å². The molecule has 80 valence electrons.